The zero-order chi connectivity index (χ0) is 19.8. The summed E-state index contributed by atoms with van der Waals surface area (Å²) in [5.41, 5.74) is 0.362. The topological polar surface area (TPSA) is 62.5 Å². The van der Waals surface area contributed by atoms with Gasteiger partial charge in [0.1, 0.15) is 5.65 Å². The second-order valence-corrected chi connectivity index (χ2v) is 6.49. The van der Waals surface area contributed by atoms with Gasteiger partial charge in [-0.3, -0.25) is 4.79 Å². The summed E-state index contributed by atoms with van der Waals surface area (Å²) in [6.07, 6.45) is -2.17. The van der Waals surface area contributed by atoms with Crippen molar-refractivity contribution < 1.29 is 18.0 Å². The van der Waals surface area contributed by atoms with Gasteiger partial charge in [-0.15, -0.1) is 0 Å². The molecule has 0 aliphatic rings. The maximum atomic E-state index is 12.7. The van der Waals surface area contributed by atoms with Crippen LogP contribution in [0.1, 0.15) is 21.7 Å². The quantitative estimate of drug-likeness (QED) is 0.729. The molecule has 0 spiro atoms. The minimum Gasteiger partial charge on any atom is -0.304 e. The van der Waals surface area contributed by atoms with Gasteiger partial charge in [0.2, 0.25) is 0 Å². The van der Waals surface area contributed by atoms with Crippen molar-refractivity contribution in [2.24, 2.45) is 0 Å². The standard InChI is InChI=1S/C17H15ClF3N5O/c1-25(2)9-12-14(23-13-5-3-4-6-26(12)13)16(27)24-15-11(18)7-10(8-22-15)17(19,20)21/h3-8H,9H2,1-2H3,(H,22,24,27). The van der Waals surface area contributed by atoms with Crippen LogP contribution in [0.2, 0.25) is 5.02 Å². The zero-order valence-electron chi connectivity index (χ0n) is 14.4. The Balaban J connectivity index is 1.95. The molecule has 27 heavy (non-hydrogen) atoms. The van der Waals surface area contributed by atoms with E-state index in [9.17, 15) is 18.0 Å². The average Bonchev–Trinajstić information content (AvgIpc) is 2.94. The van der Waals surface area contributed by atoms with Crippen LogP contribution in [0, 0.1) is 0 Å². The van der Waals surface area contributed by atoms with E-state index in [1.165, 1.54) is 0 Å². The molecule has 0 saturated carbocycles. The molecule has 0 bridgehead atoms. The van der Waals surface area contributed by atoms with Crippen molar-refractivity contribution in [1.82, 2.24) is 19.3 Å². The first kappa shape index (κ1) is 19.1. The smallest absolute Gasteiger partial charge is 0.304 e. The number of nitrogens with one attached hydrogen (secondary N) is 1. The lowest BCUT2D eigenvalue weighted by atomic mass is 10.2. The van der Waals surface area contributed by atoms with Crippen molar-refractivity contribution in [2.45, 2.75) is 12.7 Å². The van der Waals surface area contributed by atoms with E-state index < -0.39 is 17.6 Å². The highest BCUT2D eigenvalue weighted by molar-refractivity contribution is 6.33. The van der Waals surface area contributed by atoms with Crippen LogP contribution in [-0.2, 0) is 12.7 Å². The van der Waals surface area contributed by atoms with E-state index in [0.717, 1.165) is 0 Å². The largest absolute Gasteiger partial charge is 0.417 e. The summed E-state index contributed by atoms with van der Waals surface area (Å²) in [5, 5.41) is 2.13. The molecule has 3 rings (SSSR count). The van der Waals surface area contributed by atoms with Gasteiger partial charge in [0.25, 0.3) is 5.91 Å². The van der Waals surface area contributed by atoms with Gasteiger partial charge in [0.15, 0.2) is 11.5 Å². The molecule has 1 N–H and O–H groups in total. The number of fused-ring (bicyclic) bond motifs is 1. The molecule has 0 radical (unpaired) electrons. The van der Waals surface area contributed by atoms with Crippen LogP contribution in [0.25, 0.3) is 5.65 Å². The molecule has 0 aromatic carbocycles. The number of imidazole rings is 1. The van der Waals surface area contributed by atoms with Gasteiger partial charge in [0, 0.05) is 18.9 Å². The Hall–Kier alpha value is -2.65. The van der Waals surface area contributed by atoms with Crippen LogP contribution in [-0.4, -0.2) is 39.3 Å². The van der Waals surface area contributed by atoms with Crippen molar-refractivity contribution in [3.8, 4) is 0 Å². The molecule has 3 aromatic rings. The number of rotatable bonds is 4. The number of anilines is 1. The summed E-state index contributed by atoms with van der Waals surface area (Å²) >= 11 is 5.86. The lowest BCUT2D eigenvalue weighted by molar-refractivity contribution is -0.137. The van der Waals surface area contributed by atoms with Crippen LogP contribution in [0.4, 0.5) is 19.0 Å². The summed E-state index contributed by atoms with van der Waals surface area (Å²) < 4.78 is 39.9. The maximum Gasteiger partial charge on any atom is 0.417 e. The molecule has 0 fully saturated rings. The highest BCUT2D eigenvalue weighted by atomic mass is 35.5. The monoisotopic (exact) mass is 397 g/mol. The first-order valence-corrected chi connectivity index (χ1v) is 8.19. The number of pyridine rings is 2. The van der Waals surface area contributed by atoms with Gasteiger partial charge < -0.3 is 14.6 Å². The summed E-state index contributed by atoms with van der Waals surface area (Å²) in [7, 11) is 3.69. The number of carbonyl (C=O) groups excluding carboxylic acids is 1. The minimum absolute atomic E-state index is 0.146. The summed E-state index contributed by atoms with van der Waals surface area (Å²) in [5.74, 6) is -0.771. The Morgan fingerprint density at radius 2 is 2.07 bits per heavy atom. The Labute approximate surface area is 157 Å². The van der Waals surface area contributed by atoms with Gasteiger partial charge in [-0.1, -0.05) is 17.7 Å². The van der Waals surface area contributed by atoms with Gasteiger partial charge in [-0.05, 0) is 32.3 Å². The molecule has 3 heterocycles. The van der Waals surface area contributed by atoms with E-state index >= 15 is 0 Å². The van der Waals surface area contributed by atoms with Gasteiger partial charge >= 0.3 is 6.18 Å². The fourth-order valence-corrected chi connectivity index (χ4v) is 2.74. The number of nitrogens with zero attached hydrogens (tertiary/aromatic N) is 4. The summed E-state index contributed by atoms with van der Waals surface area (Å²) in [6.45, 7) is 0.433. The molecular weight excluding hydrogens is 383 g/mol. The van der Waals surface area contributed by atoms with Gasteiger partial charge in [-0.25, -0.2) is 9.97 Å². The number of amides is 1. The Morgan fingerprint density at radius 3 is 2.70 bits per heavy atom. The molecule has 0 atom stereocenters. The van der Waals surface area contributed by atoms with Crippen molar-refractivity contribution >= 4 is 29.0 Å². The lowest BCUT2D eigenvalue weighted by Gasteiger charge is -2.12. The first-order valence-electron chi connectivity index (χ1n) is 7.81. The van der Waals surface area contributed by atoms with E-state index in [2.05, 4.69) is 15.3 Å². The molecule has 0 aliphatic heterocycles. The number of carbonyl (C=O) groups is 1. The normalized spacial score (nSPS) is 12.0. The fourth-order valence-electron chi connectivity index (χ4n) is 2.53. The number of hydrogen-bond donors (Lipinski definition) is 1. The maximum absolute atomic E-state index is 12.7. The van der Waals surface area contributed by atoms with Crippen LogP contribution in [0.5, 0.6) is 0 Å². The van der Waals surface area contributed by atoms with Crippen LogP contribution in [0.3, 0.4) is 0 Å². The number of hydrogen-bond acceptors (Lipinski definition) is 4. The predicted octanol–water partition coefficient (Wildman–Crippen LogP) is 3.72. The molecule has 0 unspecified atom stereocenters. The predicted molar refractivity (Wildman–Crippen MR) is 94.8 cm³/mol. The van der Waals surface area contributed by atoms with E-state index in [-0.39, 0.29) is 16.5 Å². The third kappa shape index (κ3) is 4.04. The third-order valence-corrected chi connectivity index (χ3v) is 4.00. The second kappa shape index (κ2) is 7.16. The zero-order valence-corrected chi connectivity index (χ0v) is 15.1. The van der Waals surface area contributed by atoms with Crippen molar-refractivity contribution in [3.05, 3.63) is 58.6 Å². The number of alkyl halides is 3. The highest BCUT2D eigenvalue weighted by Crippen LogP contribution is 2.32. The van der Waals surface area contributed by atoms with Crippen molar-refractivity contribution in [2.75, 3.05) is 19.4 Å². The SMILES string of the molecule is CN(C)Cc1c(C(=O)Nc2ncc(C(F)(F)F)cc2Cl)nc2ccccn12. The summed E-state index contributed by atoms with van der Waals surface area (Å²) in [4.78, 5) is 22.5. The minimum atomic E-state index is -4.57. The average molecular weight is 398 g/mol. The van der Waals surface area contributed by atoms with E-state index in [1.807, 2.05) is 25.1 Å². The van der Waals surface area contributed by atoms with Crippen molar-refractivity contribution in [3.63, 3.8) is 0 Å². The van der Waals surface area contributed by atoms with Crippen molar-refractivity contribution in [1.29, 1.82) is 0 Å². The third-order valence-electron chi connectivity index (χ3n) is 3.71. The summed E-state index contributed by atoms with van der Waals surface area (Å²) in [6, 6.07) is 6.06. The van der Waals surface area contributed by atoms with Crippen LogP contribution >= 0.6 is 11.6 Å². The van der Waals surface area contributed by atoms with Gasteiger partial charge in [0.05, 0.1) is 16.3 Å². The highest BCUT2D eigenvalue weighted by Gasteiger charge is 2.32. The number of aromatic nitrogens is 3. The van der Waals surface area contributed by atoms with E-state index in [0.29, 0.717) is 30.1 Å². The second-order valence-electron chi connectivity index (χ2n) is 6.08. The molecule has 0 aliphatic carbocycles. The number of halogens is 4. The molecule has 1 amide bonds. The molecule has 0 saturated heterocycles. The Morgan fingerprint density at radius 1 is 1.33 bits per heavy atom. The molecule has 142 valence electrons. The Bertz CT molecular complexity index is 1000. The van der Waals surface area contributed by atoms with Gasteiger partial charge in [-0.2, -0.15) is 13.2 Å². The molecular formula is C17H15ClF3N5O. The fraction of sp³-hybridized carbons (Fsp3) is 0.235. The molecule has 3 aromatic heterocycles. The van der Waals surface area contributed by atoms with Crippen LogP contribution in [0.15, 0.2) is 36.7 Å². The molecule has 6 nitrogen and oxygen atoms in total. The van der Waals surface area contributed by atoms with E-state index in [4.69, 9.17) is 11.6 Å². The first-order chi connectivity index (χ1) is 12.7. The van der Waals surface area contributed by atoms with Crippen LogP contribution < -0.4 is 5.32 Å². The van der Waals surface area contributed by atoms with E-state index in [1.54, 1.807) is 22.7 Å². The Kier molecular flexibility index (Phi) is 5.07. The lowest BCUT2D eigenvalue weighted by Crippen LogP contribution is -2.20. The molecule has 10 heteroatoms.